The van der Waals surface area contributed by atoms with Gasteiger partial charge >= 0.3 is 0 Å². The van der Waals surface area contributed by atoms with Crippen LogP contribution in [0.15, 0.2) is 30.5 Å². The molecule has 0 amide bonds. The minimum absolute atomic E-state index is 0.446. The first-order chi connectivity index (χ1) is 9.15. The van der Waals surface area contributed by atoms with Gasteiger partial charge in [-0.15, -0.1) is 0 Å². The summed E-state index contributed by atoms with van der Waals surface area (Å²) < 4.78 is 0. The fraction of sp³-hybridized carbons (Fsp3) is 0.438. The smallest absolute Gasteiger partial charge is 0.136 e. The van der Waals surface area contributed by atoms with E-state index >= 15 is 0 Å². The van der Waals surface area contributed by atoms with E-state index in [-0.39, 0.29) is 0 Å². The fourth-order valence-electron chi connectivity index (χ4n) is 2.36. The van der Waals surface area contributed by atoms with E-state index in [0.717, 1.165) is 18.9 Å². The van der Waals surface area contributed by atoms with Gasteiger partial charge in [-0.2, -0.15) is 0 Å². The van der Waals surface area contributed by atoms with Gasteiger partial charge in [-0.1, -0.05) is 0 Å². The van der Waals surface area contributed by atoms with Crippen molar-refractivity contribution < 1.29 is 0 Å². The van der Waals surface area contributed by atoms with Crippen LogP contribution in [0.2, 0.25) is 0 Å². The average molecular weight is 257 g/mol. The van der Waals surface area contributed by atoms with Gasteiger partial charge in [0.05, 0.1) is 0 Å². The Labute approximate surface area is 115 Å². The second kappa shape index (κ2) is 5.91. The molecule has 2 aromatic rings. The number of nitrogens with one attached hydrogen (secondary N) is 1. The SMILES string of the molecule is CCN(CC)c1nccc2cc(NC(C)C)ccc12. The Morgan fingerprint density at radius 3 is 2.53 bits per heavy atom. The van der Waals surface area contributed by atoms with Crippen LogP contribution in [-0.4, -0.2) is 24.1 Å². The first-order valence-corrected chi connectivity index (χ1v) is 7.06. The highest BCUT2D eigenvalue weighted by Gasteiger charge is 2.08. The summed E-state index contributed by atoms with van der Waals surface area (Å²) in [5, 5.41) is 5.90. The third-order valence-corrected chi connectivity index (χ3v) is 3.26. The third-order valence-electron chi connectivity index (χ3n) is 3.26. The molecule has 1 aromatic heterocycles. The summed E-state index contributed by atoms with van der Waals surface area (Å²) in [6, 6.07) is 9.02. The number of benzene rings is 1. The van der Waals surface area contributed by atoms with Gasteiger partial charge in [0.15, 0.2) is 0 Å². The van der Waals surface area contributed by atoms with Crippen LogP contribution >= 0.6 is 0 Å². The van der Waals surface area contributed by atoms with Crippen molar-refractivity contribution in [3.05, 3.63) is 30.5 Å². The van der Waals surface area contributed by atoms with Gasteiger partial charge in [0.2, 0.25) is 0 Å². The molecule has 0 aliphatic rings. The molecular weight excluding hydrogens is 234 g/mol. The lowest BCUT2D eigenvalue weighted by Gasteiger charge is -2.21. The zero-order valence-corrected chi connectivity index (χ0v) is 12.3. The van der Waals surface area contributed by atoms with E-state index in [1.54, 1.807) is 0 Å². The van der Waals surface area contributed by atoms with Crippen molar-refractivity contribution in [1.29, 1.82) is 0 Å². The van der Waals surface area contributed by atoms with Gasteiger partial charge < -0.3 is 10.2 Å². The van der Waals surface area contributed by atoms with Crippen LogP contribution in [0.5, 0.6) is 0 Å². The Bertz CT molecular complexity index is 545. The topological polar surface area (TPSA) is 28.2 Å². The summed E-state index contributed by atoms with van der Waals surface area (Å²) in [6.07, 6.45) is 1.90. The number of aromatic nitrogens is 1. The van der Waals surface area contributed by atoms with Crippen LogP contribution in [0.1, 0.15) is 27.7 Å². The van der Waals surface area contributed by atoms with Crippen LogP contribution in [0.3, 0.4) is 0 Å². The molecule has 2 rings (SSSR count). The number of anilines is 2. The predicted octanol–water partition coefficient (Wildman–Crippen LogP) is 3.90. The van der Waals surface area contributed by atoms with Gasteiger partial charge in [-0.25, -0.2) is 4.98 Å². The Morgan fingerprint density at radius 2 is 1.89 bits per heavy atom. The van der Waals surface area contributed by atoms with Crippen molar-refractivity contribution in [3.63, 3.8) is 0 Å². The van der Waals surface area contributed by atoms with E-state index in [1.165, 1.54) is 16.5 Å². The predicted molar refractivity (Wildman–Crippen MR) is 84.1 cm³/mol. The lowest BCUT2D eigenvalue weighted by Crippen LogP contribution is -2.23. The Balaban J connectivity index is 2.46. The van der Waals surface area contributed by atoms with E-state index in [2.05, 4.69) is 67.2 Å². The molecule has 0 atom stereocenters. The van der Waals surface area contributed by atoms with E-state index in [1.807, 2.05) is 6.20 Å². The Morgan fingerprint density at radius 1 is 1.16 bits per heavy atom. The molecule has 0 saturated carbocycles. The quantitative estimate of drug-likeness (QED) is 0.880. The minimum Gasteiger partial charge on any atom is -0.383 e. The normalized spacial score (nSPS) is 11.0. The first-order valence-electron chi connectivity index (χ1n) is 7.06. The lowest BCUT2D eigenvalue weighted by atomic mass is 10.1. The molecule has 19 heavy (non-hydrogen) atoms. The number of hydrogen-bond acceptors (Lipinski definition) is 3. The van der Waals surface area contributed by atoms with E-state index in [4.69, 9.17) is 0 Å². The number of nitrogens with zero attached hydrogens (tertiary/aromatic N) is 2. The van der Waals surface area contributed by atoms with E-state index < -0.39 is 0 Å². The van der Waals surface area contributed by atoms with Gasteiger partial charge in [-0.3, -0.25) is 0 Å². The molecule has 1 N–H and O–H groups in total. The molecular formula is C16H23N3. The molecule has 0 aliphatic carbocycles. The average Bonchev–Trinajstić information content (AvgIpc) is 2.39. The molecule has 0 aliphatic heterocycles. The van der Waals surface area contributed by atoms with Gasteiger partial charge in [0, 0.05) is 36.4 Å². The van der Waals surface area contributed by atoms with E-state index in [9.17, 15) is 0 Å². The molecule has 0 radical (unpaired) electrons. The first kappa shape index (κ1) is 13.7. The number of pyridine rings is 1. The largest absolute Gasteiger partial charge is 0.383 e. The Hall–Kier alpha value is -1.77. The maximum absolute atomic E-state index is 4.55. The van der Waals surface area contributed by atoms with E-state index in [0.29, 0.717) is 6.04 Å². The molecule has 102 valence electrons. The summed E-state index contributed by atoms with van der Waals surface area (Å²) in [6.45, 7) is 10.6. The van der Waals surface area contributed by atoms with Crippen LogP contribution < -0.4 is 10.2 Å². The molecule has 0 spiro atoms. The second-order valence-electron chi connectivity index (χ2n) is 5.04. The molecule has 0 fully saturated rings. The standard InChI is InChI=1S/C16H23N3/c1-5-19(6-2)16-15-8-7-14(18-12(3)4)11-13(15)9-10-17-16/h7-12,18H,5-6H2,1-4H3. The van der Waals surface area contributed by atoms with Gasteiger partial charge in [0.25, 0.3) is 0 Å². The van der Waals surface area contributed by atoms with Gasteiger partial charge in [-0.05, 0) is 57.3 Å². The number of hydrogen-bond donors (Lipinski definition) is 1. The summed E-state index contributed by atoms with van der Waals surface area (Å²) >= 11 is 0. The van der Waals surface area contributed by atoms with Gasteiger partial charge in [0.1, 0.15) is 5.82 Å². The molecule has 0 unspecified atom stereocenters. The summed E-state index contributed by atoms with van der Waals surface area (Å²) in [5.41, 5.74) is 1.17. The molecule has 1 aromatic carbocycles. The monoisotopic (exact) mass is 257 g/mol. The van der Waals surface area contributed by atoms with Crippen LogP contribution in [0, 0.1) is 0 Å². The zero-order chi connectivity index (χ0) is 13.8. The maximum Gasteiger partial charge on any atom is 0.136 e. The van der Waals surface area contributed by atoms with Crippen molar-refractivity contribution in [2.24, 2.45) is 0 Å². The number of rotatable bonds is 5. The molecule has 3 nitrogen and oxygen atoms in total. The van der Waals surface area contributed by atoms with Crippen molar-refractivity contribution in [2.45, 2.75) is 33.7 Å². The van der Waals surface area contributed by atoms with Crippen molar-refractivity contribution in [1.82, 2.24) is 4.98 Å². The maximum atomic E-state index is 4.55. The highest BCUT2D eigenvalue weighted by Crippen LogP contribution is 2.27. The fourth-order valence-corrected chi connectivity index (χ4v) is 2.36. The van der Waals surface area contributed by atoms with Crippen LogP contribution in [0.25, 0.3) is 10.8 Å². The van der Waals surface area contributed by atoms with Crippen LogP contribution in [0.4, 0.5) is 11.5 Å². The molecule has 0 bridgehead atoms. The molecule has 3 heteroatoms. The molecule has 1 heterocycles. The summed E-state index contributed by atoms with van der Waals surface area (Å²) in [4.78, 5) is 6.83. The molecule has 0 saturated heterocycles. The summed E-state index contributed by atoms with van der Waals surface area (Å²) in [5.74, 6) is 1.08. The van der Waals surface area contributed by atoms with Crippen LogP contribution in [-0.2, 0) is 0 Å². The highest BCUT2D eigenvalue weighted by molar-refractivity contribution is 5.94. The highest BCUT2D eigenvalue weighted by atomic mass is 15.2. The van der Waals surface area contributed by atoms with Crippen molar-refractivity contribution in [3.8, 4) is 0 Å². The van der Waals surface area contributed by atoms with Crippen molar-refractivity contribution >= 4 is 22.3 Å². The third kappa shape index (κ3) is 2.98. The lowest BCUT2D eigenvalue weighted by molar-refractivity contribution is 0.852. The van der Waals surface area contributed by atoms with Crippen molar-refractivity contribution in [2.75, 3.05) is 23.3 Å². The number of fused-ring (bicyclic) bond motifs is 1. The zero-order valence-electron chi connectivity index (χ0n) is 12.3. The summed E-state index contributed by atoms with van der Waals surface area (Å²) in [7, 11) is 0. The Kier molecular flexibility index (Phi) is 4.25. The second-order valence-corrected chi connectivity index (χ2v) is 5.04. The minimum atomic E-state index is 0.446.